The maximum Gasteiger partial charge on any atom is 0.264 e. The van der Waals surface area contributed by atoms with Crippen molar-refractivity contribution in [2.75, 3.05) is 11.4 Å². The van der Waals surface area contributed by atoms with E-state index in [1.165, 1.54) is 29.7 Å². The highest BCUT2D eigenvalue weighted by molar-refractivity contribution is 7.92. The second kappa shape index (κ2) is 6.24. The molecule has 0 fully saturated rings. The zero-order chi connectivity index (χ0) is 15.5. The molecular weight excluding hydrogens is 288 g/mol. The molecule has 0 aliphatic rings. The molecule has 1 aromatic carbocycles. The molecule has 0 aliphatic heterocycles. The summed E-state index contributed by atoms with van der Waals surface area (Å²) in [7, 11) is -2.19. The van der Waals surface area contributed by atoms with Gasteiger partial charge in [0, 0.05) is 13.2 Å². The normalized spacial score (nSPS) is 12.9. The zero-order valence-corrected chi connectivity index (χ0v) is 12.8. The third-order valence-corrected chi connectivity index (χ3v) is 5.08. The van der Waals surface area contributed by atoms with Crippen LogP contribution in [0.2, 0.25) is 0 Å². The van der Waals surface area contributed by atoms with Crippen LogP contribution in [0.5, 0.6) is 0 Å². The highest BCUT2D eigenvalue weighted by atomic mass is 32.2. The lowest BCUT2D eigenvalue weighted by atomic mass is 10.1. The molecule has 112 valence electrons. The van der Waals surface area contributed by atoms with Crippen LogP contribution in [0.25, 0.3) is 0 Å². The lowest BCUT2D eigenvalue weighted by Crippen LogP contribution is -2.26. The number of pyridine rings is 1. The molecule has 0 spiro atoms. The summed E-state index contributed by atoms with van der Waals surface area (Å²) in [6.45, 7) is 1.84. The van der Waals surface area contributed by atoms with E-state index in [9.17, 15) is 13.5 Å². The van der Waals surface area contributed by atoms with Crippen molar-refractivity contribution < 1.29 is 13.5 Å². The number of aliphatic hydroxyl groups is 1. The van der Waals surface area contributed by atoms with Gasteiger partial charge in [0.2, 0.25) is 0 Å². The molecule has 1 atom stereocenters. The number of aliphatic hydroxyl groups excluding tert-OH is 1. The number of benzene rings is 1. The Morgan fingerprint density at radius 2 is 2.05 bits per heavy atom. The standard InChI is InChI=1S/C15H18N2O3S/c1-3-15(18)12-6-4-8-14(10-12)21(19,20)17(2)13-7-5-9-16-11-13/h4-11,15,18H,3H2,1-2H3. The molecule has 21 heavy (non-hydrogen) atoms. The number of aromatic nitrogens is 1. The first-order valence-electron chi connectivity index (χ1n) is 6.63. The minimum atomic E-state index is -3.67. The summed E-state index contributed by atoms with van der Waals surface area (Å²) in [5, 5.41) is 9.86. The van der Waals surface area contributed by atoms with Gasteiger partial charge in [0.25, 0.3) is 10.0 Å². The van der Waals surface area contributed by atoms with Gasteiger partial charge in [-0.2, -0.15) is 0 Å². The zero-order valence-electron chi connectivity index (χ0n) is 12.0. The molecule has 0 amide bonds. The van der Waals surface area contributed by atoms with Crippen LogP contribution in [-0.4, -0.2) is 25.6 Å². The molecule has 0 radical (unpaired) electrons. The average molecular weight is 306 g/mol. The lowest BCUT2D eigenvalue weighted by Gasteiger charge is -2.19. The SMILES string of the molecule is CCC(O)c1cccc(S(=O)(=O)N(C)c2cccnc2)c1. The molecule has 0 bridgehead atoms. The van der Waals surface area contributed by atoms with Crippen LogP contribution in [0, 0.1) is 0 Å². The van der Waals surface area contributed by atoms with Crippen LogP contribution >= 0.6 is 0 Å². The van der Waals surface area contributed by atoms with Gasteiger partial charge in [0.1, 0.15) is 0 Å². The van der Waals surface area contributed by atoms with E-state index in [0.29, 0.717) is 17.7 Å². The largest absolute Gasteiger partial charge is 0.388 e. The van der Waals surface area contributed by atoms with Gasteiger partial charge in [-0.05, 0) is 36.2 Å². The van der Waals surface area contributed by atoms with Crippen molar-refractivity contribution in [2.24, 2.45) is 0 Å². The van der Waals surface area contributed by atoms with Gasteiger partial charge < -0.3 is 5.11 Å². The van der Waals surface area contributed by atoms with Gasteiger partial charge in [-0.3, -0.25) is 9.29 Å². The van der Waals surface area contributed by atoms with Crippen molar-refractivity contribution in [1.29, 1.82) is 0 Å². The highest BCUT2D eigenvalue weighted by Crippen LogP contribution is 2.24. The smallest absolute Gasteiger partial charge is 0.264 e. The Kier molecular flexibility index (Phi) is 4.59. The van der Waals surface area contributed by atoms with Gasteiger partial charge >= 0.3 is 0 Å². The van der Waals surface area contributed by atoms with Crippen LogP contribution < -0.4 is 4.31 Å². The molecule has 1 aromatic heterocycles. The number of nitrogens with zero attached hydrogens (tertiary/aromatic N) is 2. The molecule has 1 N–H and O–H groups in total. The van der Waals surface area contributed by atoms with Crippen molar-refractivity contribution >= 4 is 15.7 Å². The first-order chi connectivity index (χ1) is 9.96. The van der Waals surface area contributed by atoms with Gasteiger partial charge in [-0.25, -0.2) is 8.42 Å². The van der Waals surface area contributed by atoms with Crippen LogP contribution in [0.4, 0.5) is 5.69 Å². The Morgan fingerprint density at radius 3 is 2.67 bits per heavy atom. The molecule has 0 saturated carbocycles. The Morgan fingerprint density at radius 1 is 1.29 bits per heavy atom. The summed E-state index contributed by atoms with van der Waals surface area (Å²) in [6.07, 6.45) is 2.94. The molecule has 2 rings (SSSR count). The fourth-order valence-electron chi connectivity index (χ4n) is 1.95. The molecule has 0 saturated heterocycles. The molecule has 1 unspecified atom stereocenters. The van der Waals surface area contributed by atoms with Crippen molar-refractivity contribution in [3.8, 4) is 0 Å². The van der Waals surface area contributed by atoms with Gasteiger partial charge in [-0.15, -0.1) is 0 Å². The van der Waals surface area contributed by atoms with Crippen molar-refractivity contribution in [3.05, 3.63) is 54.4 Å². The van der Waals surface area contributed by atoms with E-state index in [1.807, 2.05) is 6.92 Å². The number of sulfonamides is 1. The monoisotopic (exact) mass is 306 g/mol. The number of hydrogen-bond donors (Lipinski definition) is 1. The molecule has 6 heteroatoms. The van der Waals surface area contributed by atoms with E-state index in [2.05, 4.69) is 4.98 Å². The fraction of sp³-hybridized carbons (Fsp3) is 0.267. The summed E-state index contributed by atoms with van der Waals surface area (Å²) in [4.78, 5) is 4.08. The summed E-state index contributed by atoms with van der Waals surface area (Å²) in [5.41, 5.74) is 1.08. The van der Waals surface area contributed by atoms with Gasteiger partial charge in [0.05, 0.1) is 22.9 Å². The van der Waals surface area contributed by atoms with Crippen molar-refractivity contribution in [3.63, 3.8) is 0 Å². The third-order valence-electron chi connectivity index (χ3n) is 3.30. The maximum absolute atomic E-state index is 12.6. The fourth-order valence-corrected chi connectivity index (χ4v) is 3.19. The van der Waals surface area contributed by atoms with E-state index in [-0.39, 0.29) is 4.90 Å². The Bertz CT molecular complexity index is 702. The van der Waals surface area contributed by atoms with E-state index < -0.39 is 16.1 Å². The second-order valence-corrected chi connectivity index (χ2v) is 6.65. The van der Waals surface area contributed by atoms with E-state index in [1.54, 1.807) is 30.5 Å². The quantitative estimate of drug-likeness (QED) is 0.920. The Hall–Kier alpha value is -1.92. The van der Waals surface area contributed by atoms with Crippen LogP contribution in [0.15, 0.2) is 53.7 Å². The van der Waals surface area contributed by atoms with E-state index in [0.717, 1.165) is 0 Å². The van der Waals surface area contributed by atoms with Crippen LogP contribution in [0.1, 0.15) is 25.0 Å². The minimum absolute atomic E-state index is 0.152. The van der Waals surface area contributed by atoms with Crippen LogP contribution in [-0.2, 0) is 10.0 Å². The summed E-state index contributed by atoms with van der Waals surface area (Å²) < 4.78 is 26.4. The van der Waals surface area contributed by atoms with Gasteiger partial charge in [-0.1, -0.05) is 19.1 Å². The first-order valence-corrected chi connectivity index (χ1v) is 8.07. The summed E-state index contributed by atoms with van der Waals surface area (Å²) in [6, 6.07) is 9.74. The Balaban J connectivity index is 2.40. The van der Waals surface area contributed by atoms with E-state index >= 15 is 0 Å². The predicted molar refractivity (Wildman–Crippen MR) is 81.5 cm³/mol. The average Bonchev–Trinajstić information content (AvgIpc) is 2.54. The van der Waals surface area contributed by atoms with Crippen molar-refractivity contribution in [1.82, 2.24) is 4.98 Å². The van der Waals surface area contributed by atoms with Gasteiger partial charge in [0.15, 0.2) is 0 Å². The minimum Gasteiger partial charge on any atom is -0.388 e. The number of hydrogen-bond acceptors (Lipinski definition) is 4. The summed E-state index contributed by atoms with van der Waals surface area (Å²) in [5.74, 6) is 0. The number of anilines is 1. The van der Waals surface area contributed by atoms with Crippen molar-refractivity contribution in [2.45, 2.75) is 24.3 Å². The number of rotatable bonds is 5. The Labute approximate surface area is 124 Å². The second-order valence-electron chi connectivity index (χ2n) is 4.68. The third kappa shape index (κ3) is 3.22. The predicted octanol–water partition coefficient (Wildman–Crippen LogP) is 2.35. The first kappa shape index (κ1) is 15.5. The summed E-state index contributed by atoms with van der Waals surface area (Å²) >= 11 is 0. The topological polar surface area (TPSA) is 70.5 Å². The molecule has 2 aromatic rings. The highest BCUT2D eigenvalue weighted by Gasteiger charge is 2.22. The molecule has 1 heterocycles. The lowest BCUT2D eigenvalue weighted by molar-refractivity contribution is 0.173. The van der Waals surface area contributed by atoms with Crippen LogP contribution in [0.3, 0.4) is 0 Å². The molecular formula is C15H18N2O3S. The molecule has 0 aliphatic carbocycles. The molecule has 5 nitrogen and oxygen atoms in total. The maximum atomic E-state index is 12.6. The van der Waals surface area contributed by atoms with E-state index in [4.69, 9.17) is 0 Å².